The first kappa shape index (κ1) is 35.0. The highest BCUT2D eigenvalue weighted by Crippen LogP contribution is 2.32. The first-order valence-corrected chi connectivity index (χ1v) is 13.5. The molecule has 0 saturated heterocycles. The second-order valence-corrected chi connectivity index (χ2v) is 14.6. The van der Waals surface area contributed by atoms with Crippen molar-refractivity contribution in [3.8, 4) is 0 Å². The molecule has 2 atom stereocenters. The molecule has 214 valence electrons. The molecule has 0 amide bonds. The van der Waals surface area contributed by atoms with Crippen molar-refractivity contribution >= 4 is 0 Å². The number of hydrogen-bond donors (Lipinski definition) is 0. The van der Waals surface area contributed by atoms with Crippen molar-refractivity contribution in [3.63, 3.8) is 0 Å². The molecular weight excluding hydrogens is 456 g/mol. The number of hydrogen-bond acceptors (Lipinski definition) is 8. The van der Waals surface area contributed by atoms with Crippen molar-refractivity contribution < 1.29 is 19.6 Å². The Morgan fingerprint density at radius 3 is 0.944 bits per heavy atom. The molecule has 0 saturated carbocycles. The average molecular weight is 515 g/mol. The van der Waals surface area contributed by atoms with Gasteiger partial charge in [-0.25, -0.2) is 19.6 Å². The molecule has 0 aromatic heterocycles. The maximum absolute atomic E-state index is 5.95. The predicted octanol–water partition coefficient (Wildman–Crippen LogP) is 9.25. The Kier molecular flexibility index (Phi) is 12.9. The lowest BCUT2D eigenvalue weighted by molar-refractivity contribution is -0.418. The average Bonchev–Trinajstić information content (AvgIpc) is 2.65. The summed E-state index contributed by atoms with van der Waals surface area (Å²) in [6.45, 7) is 32.4. The molecule has 0 radical (unpaired) electrons. The van der Waals surface area contributed by atoms with Crippen LogP contribution < -0.4 is 0 Å². The van der Waals surface area contributed by atoms with Gasteiger partial charge < -0.3 is 0 Å². The standard InChI is InChI=1S/C28H58N4O4/c1-21(2)19-27(15,31-29-23(5,6)7)35-33-25(11,12)17-18-26(13,14)34-36-28(16,20-22(3)4)32-30-24(8,9)10/h21-22H,17-20H2,1-16H3. The second kappa shape index (κ2) is 13.2. The summed E-state index contributed by atoms with van der Waals surface area (Å²) in [6, 6.07) is 0. The van der Waals surface area contributed by atoms with E-state index in [1.54, 1.807) is 0 Å². The van der Waals surface area contributed by atoms with Crippen LogP contribution in [0.15, 0.2) is 20.5 Å². The summed E-state index contributed by atoms with van der Waals surface area (Å²) < 4.78 is 0. The Hall–Kier alpha value is -0.960. The van der Waals surface area contributed by atoms with E-state index in [0.29, 0.717) is 37.5 Å². The zero-order valence-electron chi connectivity index (χ0n) is 26.4. The van der Waals surface area contributed by atoms with Crippen LogP contribution in [0.1, 0.15) is 136 Å². The molecule has 0 aliphatic carbocycles. The second-order valence-electron chi connectivity index (χ2n) is 14.6. The highest BCUT2D eigenvalue weighted by atomic mass is 17.2. The van der Waals surface area contributed by atoms with Crippen molar-refractivity contribution in [2.45, 2.75) is 170 Å². The van der Waals surface area contributed by atoms with Gasteiger partial charge in [0, 0.05) is 12.8 Å². The molecule has 8 heteroatoms. The van der Waals surface area contributed by atoms with Crippen molar-refractivity contribution in [2.75, 3.05) is 0 Å². The molecule has 0 rings (SSSR count). The largest absolute Gasteiger partial charge is 0.228 e. The molecule has 0 aromatic rings. The SMILES string of the molecule is CC(C)CC(C)(N=NC(C)(C)C)OOC(C)(C)CCC(C)(C)OOC(C)(CC(C)C)N=NC(C)(C)C. The van der Waals surface area contributed by atoms with Gasteiger partial charge in [0.15, 0.2) is 0 Å². The third-order valence-corrected chi connectivity index (χ3v) is 4.92. The van der Waals surface area contributed by atoms with E-state index in [-0.39, 0.29) is 11.1 Å². The summed E-state index contributed by atoms with van der Waals surface area (Å²) in [5.74, 6) is 0.751. The van der Waals surface area contributed by atoms with Gasteiger partial charge in [0.25, 0.3) is 0 Å². The van der Waals surface area contributed by atoms with Gasteiger partial charge in [0.05, 0.1) is 22.3 Å². The minimum absolute atomic E-state index is 0.283. The van der Waals surface area contributed by atoms with Gasteiger partial charge in [-0.3, -0.25) is 0 Å². The van der Waals surface area contributed by atoms with Crippen LogP contribution >= 0.6 is 0 Å². The van der Waals surface area contributed by atoms with Crippen LogP contribution in [0.25, 0.3) is 0 Å². The van der Waals surface area contributed by atoms with Gasteiger partial charge in [0.2, 0.25) is 11.4 Å². The van der Waals surface area contributed by atoms with Gasteiger partial charge >= 0.3 is 0 Å². The molecule has 0 fully saturated rings. The van der Waals surface area contributed by atoms with Gasteiger partial charge in [-0.15, -0.1) is 0 Å². The maximum Gasteiger partial charge on any atom is 0.209 e. The van der Waals surface area contributed by atoms with Gasteiger partial charge in [-0.1, -0.05) is 27.7 Å². The van der Waals surface area contributed by atoms with E-state index in [1.165, 1.54) is 0 Å². The van der Waals surface area contributed by atoms with Crippen LogP contribution in [-0.4, -0.2) is 33.7 Å². The van der Waals surface area contributed by atoms with E-state index in [2.05, 4.69) is 48.2 Å². The normalized spacial score (nSPS) is 17.9. The monoisotopic (exact) mass is 514 g/mol. The minimum Gasteiger partial charge on any atom is -0.228 e. The van der Waals surface area contributed by atoms with Gasteiger partial charge in [0.1, 0.15) is 0 Å². The van der Waals surface area contributed by atoms with Crippen LogP contribution in [0, 0.1) is 11.8 Å². The molecule has 0 aliphatic rings. The third-order valence-electron chi connectivity index (χ3n) is 4.92. The summed E-state index contributed by atoms with van der Waals surface area (Å²) in [6.07, 6.45) is 2.76. The molecule has 2 unspecified atom stereocenters. The van der Waals surface area contributed by atoms with E-state index >= 15 is 0 Å². The Balaban J connectivity index is 5.21. The molecule has 0 N–H and O–H groups in total. The zero-order chi connectivity index (χ0) is 28.6. The molecule has 0 aliphatic heterocycles. The van der Waals surface area contributed by atoms with Crippen LogP contribution in [-0.2, 0) is 19.6 Å². The van der Waals surface area contributed by atoms with Crippen molar-refractivity contribution in [2.24, 2.45) is 32.3 Å². The van der Waals surface area contributed by atoms with E-state index in [9.17, 15) is 0 Å². The summed E-state index contributed by atoms with van der Waals surface area (Å²) in [7, 11) is 0. The summed E-state index contributed by atoms with van der Waals surface area (Å²) in [5.41, 5.74) is -3.41. The van der Waals surface area contributed by atoms with Crippen molar-refractivity contribution in [3.05, 3.63) is 0 Å². The van der Waals surface area contributed by atoms with E-state index < -0.39 is 22.7 Å². The summed E-state index contributed by atoms with van der Waals surface area (Å²) in [4.78, 5) is 23.7. The first-order chi connectivity index (χ1) is 15.9. The zero-order valence-corrected chi connectivity index (χ0v) is 26.4. The lowest BCUT2D eigenvalue weighted by atomic mass is 9.94. The molecule has 0 aromatic carbocycles. The molecule has 0 spiro atoms. The fraction of sp³-hybridized carbons (Fsp3) is 1.00. The molecule has 0 bridgehead atoms. The molecular formula is C28H58N4O4. The Morgan fingerprint density at radius 2 is 0.722 bits per heavy atom. The maximum atomic E-state index is 5.95. The van der Waals surface area contributed by atoms with E-state index in [4.69, 9.17) is 19.6 Å². The number of azo groups is 2. The van der Waals surface area contributed by atoms with Crippen molar-refractivity contribution in [1.82, 2.24) is 0 Å². The van der Waals surface area contributed by atoms with Crippen LogP contribution in [0.5, 0.6) is 0 Å². The fourth-order valence-corrected chi connectivity index (χ4v) is 3.30. The predicted molar refractivity (Wildman–Crippen MR) is 147 cm³/mol. The van der Waals surface area contributed by atoms with E-state index in [1.807, 2.05) is 83.1 Å². The van der Waals surface area contributed by atoms with Gasteiger partial charge in [-0.2, -0.15) is 20.5 Å². The first-order valence-electron chi connectivity index (χ1n) is 13.5. The lowest BCUT2D eigenvalue weighted by Gasteiger charge is -2.34. The third kappa shape index (κ3) is 17.5. The Morgan fingerprint density at radius 1 is 0.444 bits per heavy atom. The number of nitrogens with zero attached hydrogens (tertiary/aromatic N) is 4. The van der Waals surface area contributed by atoms with Gasteiger partial charge in [-0.05, 0) is 108 Å². The lowest BCUT2D eigenvalue weighted by Crippen LogP contribution is -2.38. The smallest absolute Gasteiger partial charge is 0.209 e. The Bertz CT molecular complexity index is 645. The highest BCUT2D eigenvalue weighted by Gasteiger charge is 2.36. The molecule has 0 heterocycles. The topological polar surface area (TPSA) is 86.4 Å². The van der Waals surface area contributed by atoms with Crippen LogP contribution in [0.4, 0.5) is 0 Å². The Labute approximate surface area is 222 Å². The quantitative estimate of drug-likeness (QED) is 0.124. The molecule has 36 heavy (non-hydrogen) atoms. The summed E-state index contributed by atoms with van der Waals surface area (Å²) in [5, 5.41) is 17.9. The molecule has 8 nitrogen and oxygen atoms in total. The van der Waals surface area contributed by atoms with Crippen LogP contribution in [0.3, 0.4) is 0 Å². The summed E-state index contributed by atoms with van der Waals surface area (Å²) >= 11 is 0. The highest BCUT2D eigenvalue weighted by molar-refractivity contribution is 4.79. The van der Waals surface area contributed by atoms with Crippen molar-refractivity contribution in [1.29, 1.82) is 0 Å². The van der Waals surface area contributed by atoms with E-state index in [0.717, 1.165) is 0 Å². The number of rotatable bonds is 15. The van der Waals surface area contributed by atoms with Crippen LogP contribution in [0.2, 0.25) is 0 Å². The minimum atomic E-state index is -0.857. The fourth-order valence-electron chi connectivity index (χ4n) is 3.30.